The van der Waals surface area contributed by atoms with Crippen molar-refractivity contribution in [3.63, 3.8) is 0 Å². The third-order valence-corrected chi connectivity index (χ3v) is 5.11. The molecule has 0 bridgehead atoms. The van der Waals surface area contributed by atoms with Gasteiger partial charge in [0.2, 0.25) is 11.8 Å². The first-order valence-electron chi connectivity index (χ1n) is 9.04. The van der Waals surface area contributed by atoms with Gasteiger partial charge in [0.15, 0.2) is 0 Å². The molecule has 1 rings (SSSR count). The first kappa shape index (κ1) is 23.2. The molecule has 3 atom stereocenters. The van der Waals surface area contributed by atoms with E-state index in [1.807, 2.05) is 30.3 Å². The third kappa shape index (κ3) is 9.60. The van der Waals surface area contributed by atoms with Crippen LogP contribution in [-0.4, -0.2) is 53.1 Å². The Labute approximate surface area is 165 Å². The van der Waals surface area contributed by atoms with E-state index in [4.69, 9.17) is 5.11 Å². The minimum atomic E-state index is -0.554. The highest BCUT2D eigenvalue weighted by molar-refractivity contribution is 7.98. The molecule has 7 heteroatoms. The Bertz CT molecular complexity index is 583. The molecule has 0 unspecified atom stereocenters. The van der Waals surface area contributed by atoms with E-state index in [2.05, 4.69) is 17.2 Å². The van der Waals surface area contributed by atoms with Crippen molar-refractivity contribution in [2.75, 3.05) is 19.0 Å². The maximum Gasteiger partial charge on any atom is 0.224 e. The number of hydrogen-bond acceptors (Lipinski definition) is 5. The van der Waals surface area contributed by atoms with Crippen molar-refractivity contribution in [3.05, 3.63) is 48.6 Å². The van der Waals surface area contributed by atoms with Gasteiger partial charge in [0.25, 0.3) is 0 Å². The lowest BCUT2D eigenvalue weighted by Crippen LogP contribution is -2.44. The van der Waals surface area contributed by atoms with Gasteiger partial charge in [-0.2, -0.15) is 11.8 Å². The third-order valence-electron chi connectivity index (χ3n) is 3.93. The minimum absolute atomic E-state index is 0.0114. The predicted molar refractivity (Wildman–Crippen MR) is 109 cm³/mol. The summed E-state index contributed by atoms with van der Waals surface area (Å²) in [5.41, 5.74) is 1.18. The number of aliphatic hydroxyl groups is 2. The fourth-order valence-corrected chi connectivity index (χ4v) is 3.46. The molecule has 27 heavy (non-hydrogen) atoms. The molecule has 0 fully saturated rings. The van der Waals surface area contributed by atoms with E-state index in [-0.39, 0.29) is 43.5 Å². The number of benzene rings is 1. The molecule has 0 saturated carbocycles. The topological polar surface area (TPSA) is 98.7 Å². The van der Waals surface area contributed by atoms with Crippen molar-refractivity contribution >= 4 is 23.6 Å². The largest absolute Gasteiger partial charge is 0.394 e. The summed E-state index contributed by atoms with van der Waals surface area (Å²) in [5, 5.41) is 24.0. The number of nitrogens with one attached hydrogen (secondary N) is 2. The Morgan fingerprint density at radius 1 is 1.19 bits per heavy atom. The number of allylic oxidation sites excluding steroid dienone is 1. The molecule has 0 aliphatic heterocycles. The van der Waals surface area contributed by atoms with Crippen LogP contribution < -0.4 is 10.6 Å². The normalized spacial score (nSPS) is 14.0. The van der Waals surface area contributed by atoms with Crippen molar-refractivity contribution in [2.24, 2.45) is 5.92 Å². The van der Waals surface area contributed by atoms with E-state index in [9.17, 15) is 14.7 Å². The van der Waals surface area contributed by atoms with Crippen LogP contribution in [0.2, 0.25) is 0 Å². The molecule has 4 N–H and O–H groups in total. The van der Waals surface area contributed by atoms with E-state index in [1.165, 1.54) is 5.56 Å². The van der Waals surface area contributed by atoms with Gasteiger partial charge in [0.05, 0.1) is 25.2 Å². The highest BCUT2D eigenvalue weighted by Gasteiger charge is 2.23. The molecular formula is C20H30N2O4S. The Balaban J connectivity index is 2.50. The van der Waals surface area contributed by atoms with Crippen LogP contribution in [0.3, 0.4) is 0 Å². The molecule has 1 aromatic carbocycles. The second kappa shape index (κ2) is 13.4. The number of carbonyl (C=O) groups excluding carboxylic acids is 2. The van der Waals surface area contributed by atoms with Gasteiger partial charge in [-0.05, 0) is 18.9 Å². The Morgan fingerprint density at radius 3 is 2.48 bits per heavy atom. The summed E-state index contributed by atoms with van der Waals surface area (Å²) in [6.45, 7) is 5.01. The summed E-state index contributed by atoms with van der Waals surface area (Å²) in [6.07, 6.45) is 1.98. The number of carbonyl (C=O) groups is 2. The van der Waals surface area contributed by atoms with E-state index < -0.39 is 5.92 Å². The lowest BCUT2D eigenvalue weighted by molar-refractivity contribution is -0.131. The van der Waals surface area contributed by atoms with Gasteiger partial charge >= 0.3 is 0 Å². The summed E-state index contributed by atoms with van der Waals surface area (Å²) in [4.78, 5) is 24.5. The van der Waals surface area contributed by atoms with Crippen molar-refractivity contribution in [1.29, 1.82) is 0 Å². The van der Waals surface area contributed by atoms with Gasteiger partial charge in [-0.1, -0.05) is 36.4 Å². The van der Waals surface area contributed by atoms with Crippen LogP contribution in [0.25, 0.3) is 0 Å². The molecule has 0 aromatic heterocycles. The fraction of sp³-hybridized carbons (Fsp3) is 0.500. The lowest BCUT2D eigenvalue weighted by atomic mass is 9.99. The van der Waals surface area contributed by atoms with Gasteiger partial charge < -0.3 is 20.8 Å². The van der Waals surface area contributed by atoms with E-state index in [0.29, 0.717) is 12.2 Å². The van der Waals surface area contributed by atoms with Crippen LogP contribution in [-0.2, 0) is 15.3 Å². The number of amides is 2. The van der Waals surface area contributed by atoms with Gasteiger partial charge in [0, 0.05) is 24.0 Å². The van der Waals surface area contributed by atoms with Crippen molar-refractivity contribution in [1.82, 2.24) is 10.6 Å². The molecule has 0 heterocycles. The summed E-state index contributed by atoms with van der Waals surface area (Å²) in [6, 6.07) is 9.25. The average molecular weight is 395 g/mol. The summed E-state index contributed by atoms with van der Waals surface area (Å²) in [7, 11) is 0. The number of rotatable bonds is 13. The first-order chi connectivity index (χ1) is 13.0. The summed E-state index contributed by atoms with van der Waals surface area (Å²) in [5.74, 6) is 0.247. The molecular weight excluding hydrogens is 364 g/mol. The van der Waals surface area contributed by atoms with Crippen LogP contribution in [0.15, 0.2) is 43.0 Å². The Hall–Kier alpha value is -1.83. The molecule has 6 nitrogen and oxygen atoms in total. The first-order valence-corrected chi connectivity index (χ1v) is 10.2. The predicted octanol–water partition coefficient (Wildman–Crippen LogP) is 1.48. The van der Waals surface area contributed by atoms with E-state index in [1.54, 1.807) is 24.8 Å². The molecule has 0 aliphatic carbocycles. The maximum atomic E-state index is 12.5. The monoisotopic (exact) mass is 394 g/mol. The van der Waals surface area contributed by atoms with Crippen LogP contribution >= 0.6 is 11.8 Å². The van der Waals surface area contributed by atoms with Crippen molar-refractivity contribution < 1.29 is 19.8 Å². The van der Waals surface area contributed by atoms with E-state index >= 15 is 0 Å². The van der Waals surface area contributed by atoms with E-state index in [0.717, 1.165) is 5.75 Å². The molecule has 0 radical (unpaired) electrons. The second-order valence-corrected chi connectivity index (χ2v) is 7.50. The van der Waals surface area contributed by atoms with Gasteiger partial charge in [-0.15, -0.1) is 6.58 Å². The van der Waals surface area contributed by atoms with Crippen LogP contribution in [0.1, 0.15) is 25.3 Å². The van der Waals surface area contributed by atoms with Gasteiger partial charge in [0.1, 0.15) is 0 Å². The molecule has 2 amide bonds. The van der Waals surface area contributed by atoms with Crippen LogP contribution in [0.5, 0.6) is 0 Å². The Morgan fingerprint density at radius 2 is 1.89 bits per heavy atom. The van der Waals surface area contributed by atoms with Crippen molar-refractivity contribution in [3.8, 4) is 0 Å². The van der Waals surface area contributed by atoms with Crippen molar-refractivity contribution in [2.45, 2.75) is 37.6 Å². The van der Waals surface area contributed by atoms with Crippen LogP contribution in [0, 0.1) is 5.92 Å². The molecule has 1 aromatic rings. The van der Waals surface area contributed by atoms with Gasteiger partial charge in [-0.3, -0.25) is 9.59 Å². The standard InChI is InChI=1S/C20H30N2O4S/c1-3-7-17(10-19(25)21-15(2)11-23)20(26)22-18(12-24)14-27-13-16-8-5-4-6-9-16/h3-6,8-9,15,17-18,23-24H,1,7,10-14H2,2H3,(H,21,25)(H,22,26)/t15-,17+,18+/m0/s1. The zero-order valence-electron chi connectivity index (χ0n) is 15.8. The molecule has 0 spiro atoms. The number of aliphatic hydroxyl groups excluding tert-OH is 2. The zero-order chi connectivity index (χ0) is 20.1. The smallest absolute Gasteiger partial charge is 0.224 e. The number of hydrogen-bond donors (Lipinski definition) is 4. The maximum absolute atomic E-state index is 12.5. The minimum Gasteiger partial charge on any atom is -0.394 e. The average Bonchev–Trinajstić information content (AvgIpc) is 2.67. The summed E-state index contributed by atoms with van der Waals surface area (Å²) >= 11 is 1.63. The molecule has 0 aliphatic rings. The number of thioether (sulfide) groups is 1. The quantitative estimate of drug-likeness (QED) is 0.380. The molecule has 0 saturated heterocycles. The Kier molecular flexibility index (Phi) is 11.5. The summed E-state index contributed by atoms with van der Waals surface area (Å²) < 4.78 is 0. The van der Waals surface area contributed by atoms with Gasteiger partial charge in [-0.25, -0.2) is 0 Å². The SMILES string of the molecule is C=CC[C@H](CC(=O)N[C@@H](C)CO)C(=O)N[C@H](CO)CSCc1ccccc1. The molecule has 150 valence electrons. The lowest BCUT2D eigenvalue weighted by Gasteiger charge is -2.21. The highest BCUT2D eigenvalue weighted by atomic mass is 32.2. The zero-order valence-corrected chi connectivity index (χ0v) is 16.6. The van der Waals surface area contributed by atoms with Crippen LogP contribution in [0.4, 0.5) is 0 Å². The highest BCUT2D eigenvalue weighted by Crippen LogP contribution is 2.14. The fourth-order valence-electron chi connectivity index (χ4n) is 2.44. The second-order valence-electron chi connectivity index (χ2n) is 6.47.